The molecule has 0 aliphatic rings. The average molecular weight is 462 g/mol. The Hall–Kier alpha value is -2.76. The van der Waals surface area contributed by atoms with Crippen molar-refractivity contribution in [2.24, 2.45) is 0 Å². The summed E-state index contributed by atoms with van der Waals surface area (Å²) >= 11 is 8.91. The number of amides is 1. The highest BCUT2D eigenvalue weighted by atomic mass is 35.5. The van der Waals surface area contributed by atoms with Crippen LogP contribution in [0.25, 0.3) is 16.6 Å². The minimum absolute atomic E-state index is 0.258. The van der Waals surface area contributed by atoms with Crippen LogP contribution < -0.4 is 10.9 Å². The van der Waals surface area contributed by atoms with Crippen molar-refractivity contribution < 1.29 is 4.79 Å². The van der Waals surface area contributed by atoms with Gasteiger partial charge in [0.1, 0.15) is 12.1 Å². The third kappa shape index (κ3) is 4.09. The van der Waals surface area contributed by atoms with Crippen LogP contribution in [0.3, 0.4) is 0 Å². The third-order valence-corrected chi connectivity index (χ3v) is 6.22. The number of halogens is 1. The smallest absolute Gasteiger partial charge is 0.293 e. The maximum Gasteiger partial charge on any atom is 0.293 e. The van der Waals surface area contributed by atoms with Crippen molar-refractivity contribution in [3.05, 3.63) is 51.5 Å². The first-order chi connectivity index (χ1) is 14.5. The normalized spacial score (nSPS) is 11.2. The molecule has 0 aliphatic heterocycles. The molecule has 0 saturated heterocycles. The van der Waals surface area contributed by atoms with Crippen LogP contribution in [0.5, 0.6) is 0 Å². The van der Waals surface area contributed by atoms with E-state index in [1.165, 1.54) is 16.0 Å². The van der Waals surface area contributed by atoms with Crippen molar-refractivity contribution in [2.75, 3.05) is 11.1 Å². The molecule has 9 nitrogen and oxygen atoms in total. The van der Waals surface area contributed by atoms with E-state index in [-0.39, 0.29) is 6.54 Å². The van der Waals surface area contributed by atoms with E-state index in [0.717, 1.165) is 14.8 Å². The number of rotatable bonds is 6. The summed E-state index contributed by atoms with van der Waals surface area (Å²) in [6, 6.07) is 7.02. The van der Waals surface area contributed by atoms with Gasteiger partial charge in [0.05, 0.1) is 17.6 Å². The van der Waals surface area contributed by atoms with Crippen molar-refractivity contribution in [1.29, 1.82) is 0 Å². The molecular weight excluding hydrogens is 446 g/mol. The van der Waals surface area contributed by atoms with E-state index in [2.05, 4.69) is 25.7 Å². The summed E-state index contributed by atoms with van der Waals surface area (Å²) in [5.74, 6) is 0.447. The van der Waals surface area contributed by atoms with Crippen LogP contribution in [-0.4, -0.2) is 41.4 Å². The number of hydrogen-bond donors (Lipinski definition) is 1. The Morgan fingerprint density at radius 2 is 2.17 bits per heavy atom. The first-order valence-corrected chi connectivity index (χ1v) is 11.1. The van der Waals surface area contributed by atoms with Gasteiger partial charge >= 0.3 is 0 Å². The van der Waals surface area contributed by atoms with Gasteiger partial charge in [-0.15, -0.1) is 10.2 Å². The molecule has 154 valence electrons. The van der Waals surface area contributed by atoms with E-state index in [0.29, 0.717) is 32.4 Å². The van der Waals surface area contributed by atoms with Gasteiger partial charge in [-0.05, 0) is 30.9 Å². The lowest BCUT2D eigenvalue weighted by Crippen LogP contribution is -2.31. The number of carbonyl (C=O) groups excluding carboxylic acids is 1. The number of nitrogens with one attached hydrogen (secondary N) is 1. The summed E-state index contributed by atoms with van der Waals surface area (Å²) in [7, 11) is 0. The molecule has 3 heterocycles. The lowest BCUT2D eigenvalue weighted by Gasteiger charge is -2.08. The fraction of sp³-hybridized carbons (Fsp3) is 0.222. The number of thioether (sulfide) groups is 1. The Balaban J connectivity index is 1.66. The minimum atomic E-state index is -0.428. The maximum atomic E-state index is 13.1. The van der Waals surface area contributed by atoms with Crippen LogP contribution in [0.2, 0.25) is 5.02 Å². The molecule has 0 spiro atoms. The molecule has 30 heavy (non-hydrogen) atoms. The number of nitrogens with zero attached hydrogens (tertiary/aromatic N) is 6. The van der Waals surface area contributed by atoms with E-state index in [4.69, 9.17) is 11.6 Å². The summed E-state index contributed by atoms with van der Waals surface area (Å²) in [6.45, 7) is 3.51. The molecule has 1 amide bonds. The van der Waals surface area contributed by atoms with Gasteiger partial charge < -0.3 is 0 Å². The summed E-state index contributed by atoms with van der Waals surface area (Å²) in [5, 5.41) is 20.7. The van der Waals surface area contributed by atoms with Crippen LogP contribution in [-0.2, 0) is 11.3 Å². The SMILES string of the molecule is CCSc1nnc(NC(=O)Cn2nc(C)c3cnn(-c4cccc(Cl)c4)c3c2=O)s1. The summed E-state index contributed by atoms with van der Waals surface area (Å²) < 4.78 is 3.40. The molecule has 0 bridgehead atoms. The van der Waals surface area contributed by atoms with Crippen molar-refractivity contribution in [3.63, 3.8) is 0 Å². The highest BCUT2D eigenvalue weighted by Crippen LogP contribution is 2.25. The summed E-state index contributed by atoms with van der Waals surface area (Å²) in [4.78, 5) is 25.6. The third-order valence-electron chi connectivity index (χ3n) is 4.13. The zero-order valence-electron chi connectivity index (χ0n) is 16.0. The number of aryl methyl sites for hydroxylation is 1. The Bertz CT molecular complexity index is 1300. The van der Waals surface area contributed by atoms with E-state index in [1.54, 1.807) is 49.1 Å². The molecule has 12 heteroatoms. The quantitative estimate of drug-likeness (QED) is 0.347. The molecule has 0 unspecified atom stereocenters. The second-order valence-electron chi connectivity index (χ2n) is 6.20. The second kappa shape index (κ2) is 8.54. The molecule has 0 radical (unpaired) electrons. The van der Waals surface area contributed by atoms with Crippen molar-refractivity contribution in [3.8, 4) is 5.69 Å². The molecule has 0 saturated carbocycles. The van der Waals surface area contributed by atoms with E-state index >= 15 is 0 Å². The van der Waals surface area contributed by atoms with E-state index in [9.17, 15) is 9.59 Å². The predicted molar refractivity (Wildman–Crippen MR) is 118 cm³/mol. The molecule has 4 rings (SSSR count). The molecule has 3 aromatic heterocycles. The lowest BCUT2D eigenvalue weighted by molar-refractivity contribution is -0.117. The first-order valence-electron chi connectivity index (χ1n) is 8.94. The topological polar surface area (TPSA) is 108 Å². The number of anilines is 1. The van der Waals surface area contributed by atoms with Gasteiger partial charge in [0.2, 0.25) is 11.0 Å². The van der Waals surface area contributed by atoms with Gasteiger partial charge in [0.15, 0.2) is 4.34 Å². The van der Waals surface area contributed by atoms with Crippen LogP contribution >= 0.6 is 34.7 Å². The van der Waals surface area contributed by atoms with Crippen LogP contribution in [0.4, 0.5) is 5.13 Å². The molecule has 0 aliphatic carbocycles. The number of aromatic nitrogens is 6. The highest BCUT2D eigenvalue weighted by Gasteiger charge is 2.17. The highest BCUT2D eigenvalue weighted by molar-refractivity contribution is 8.01. The van der Waals surface area contributed by atoms with Gasteiger partial charge in [0, 0.05) is 10.4 Å². The van der Waals surface area contributed by atoms with Crippen LogP contribution in [0.15, 0.2) is 39.6 Å². The zero-order valence-corrected chi connectivity index (χ0v) is 18.4. The zero-order chi connectivity index (χ0) is 21.3. The van der Waals surface area contributed by atoms with Crippen molar-refractivity contribution >= 4 is 56.6 Å². The number of benzene rings is 1. The van der Waals surface area contributed by atoms with Crippen LogP contribution in [0.1, 0.15) is 12.6 Å². The van der Waals surface area contributed by atoms with Gasteiger partial charge in [-0.2, -0.15) is 10.2 Å². The Morgan fingerprint density at radius 1 is 1.33 bits per heavy atom. The second-order valence-corrected chi connectivity index (χ2v) is 9.13. The van der Waals surface area contributed by atoms with E-state index in [1.807, 2.05) is 6.92 Å². The van der Waals surface area contributed by atoms with Gasteiger partial charge in [-0.1, -0.05) is 47.7 Å². The van der Waals surface area contributed by atoms with Crippen molar-refractivity contribution in [2.45, 2.75) is 24.7 Å². The average Bonchev–Trinajstić information content (AvgIpc) is 3.33. The van der Waals surface area contributed by atoms with E-state index < -0.39 is 11.5 Å². The van der Waals surface area contributed by atoms with Crippen molar-refractivity contribution in [1.82, 2.24) is 29.8 Å². The Kier molecular flexibility index (Phi) is 5.84. The summed E-state index contributed by atoms with van der Waals surface area (Å²) in [5.41, 5.74) is 1.13. The molecule has 0 fully saturated rings. The standard InChI is InChI=1S/C18H16ClN7O2S2/c1-3-29-18-23-22-17(30-18)21-14(27)9-25-16(28)15-13(10(2)24-25)8-20-26(15)12-6-4-5-11(19)7-12/h4-8H,3,9H2,1-2H3,(H,21,22,27). The largest absolute Gasteiger partial charge is 0.299 e. The fourth-order valence-electron chi connectivity index (χ4n) is 2.87. The lowest BCUT2D eigenvalue weighted by atomic mass is 10.2. The monoisotopic (exact) mass is 461 g/mol. The van der Waals surface area contributed by atoms with Crippen LogP contribution in [0, 0.1) is 6.92 Å². The number of hydrogen-bond acceptors (Lipinski definition) is 8. The van der Waals surface area contributed by atoms with Gasteiger partial charge in [-0.3, -0.25) is 14.9 Å². The number of carbonyl (C=O) groups is 1. The Morgan fingerprint density at radius 3 is 2.93 bits per heavy atom. The molecule has 1 aromatic carbocycles. The first kappa shape index (κ1) is 20.5. The molecule has 4 aromatic rings. The van der Waals surface area contributed by atoms with Gasteiger partial charge in [0.25, 0.3) is 5.56 Å². The molecule has 0 atom stereocenters. The van der Waals surface area contributed by atoms with Gasteiger partial charge in [-0.25, -0.2) is 9.36 Å². The summed E-state index contributed by atoms with van der Waals surface area (Å²) in [6.07, 6.45) is 1.58. The Labute approximate surface area is 184 Å². The minimum Gasteiger partial charge on any atom is -0.299 e. The maximum absolute atomic E-state index is 13.1. The molecule has 1 N–H and O–H groups in total. The number of fused-ring (bicyclic) bond motifs is 1. The predicted octanol–water partition coefficient (Wildman–Crippen LogP) is 3.15. The molecular formula is C18H16ClN7O2S2. The fourth-order valence-corrected chi connectivity index (χ4v) is 4.72.